The molecule has 5 nitrogen and oxygen atoms in total. The summed E-state index contributed by atoms with van der Waals surface area (Å²) < 4.78 is 4.98. The first-order chi connectivity index (χ1) is 8.97. The SMILES string of the molecule is COCCCSc1nc(C(C)C)nc(C)c1C(=O)O. The fourth-order valence-electron chi connectivity index (χ4n) is 1.55. The Kier molecular flexibility index (Phi) is 6.24. The van der Waals surface area contributed by atoms with Gasteiger partial charge in [-0.1, -0.05) is 13.8 Å². The number of ether oxygens (including phenoxy) is 1. The van der Waals surface area contributed by atoms with Gasteiger partial charge in [-0.15, -0.1) is 11.8 Å². The molecular formula is C13H20N2O3S. The van der Waals surface area contributed by atoms with Crippen LogP contribution in [0, 0.1) is 6.92 Å². The van der Waals surface area contributed by atoms with Crippen LogP contribution in [0.1, 0.15) is 48.1 Å². The van der Waals surface area contributed by atoms with Gasteiger partial charge in [0.25, 0.3) is 0 Å². The summed E-state index contributed by atoms with van der Waals surface area (Å²) in [4.78, 5) is 19.9. The maximum absolute atomic E-state index is 11.3. The van der Waals surface area contributed by atoms with Gasteiger partial charge in [-0.25, -0.2) is 14.8 Å². The van der Waals surface area contributed by atoms with E-state index in [1.165, 1.54) is 11.8 Å². The molecule has 0 spiro atoms. The number of aromatic carboxylic acids is 1. The molecule has 0 saturated heterocycles. The van der Waals surface area contributed by atoms with Gasteiger partial charge < -0.3 is 9.84 Å². The van der Waals surface area contributed by atoms with Gasteiger partial charge in [0, 0.05) is 25.4 Å². The second kappa shape index (κ2) is 7.45. The second-order valence-corrected chi connectivity index (χ2v) is 5.59. The number of carboxylic acids is 1. The van der Waals surface area contributed by atoms with E-state index in [0.717, 1.165) is 12.2 Å². The van der Waals surface area contributed by atoms with E-state index in [1.54, 1.807) is 14.0 Å². The molecule has 0 aliphatic heterocycles. The van der Waals surface area contributed by atoms with Crippen molar-refractivity contribution >= 4 is 17.7 Å². The molecule has 0 unspecified atom stereocenters. The first kappa shape index (κ1) is 15.9. The first-order valence-electron chi connectivity index (χ1n) is 6.21. The Morgan fingerprint density at radius 3 is 2.63 bits per heavy atom. The van der Waals surface area contributed by atoms with Crippen LogP contribution < -0.4 is 0 Å². The highest BCUT2D eigenvalue weighted by Crippen LogP contribution is 2.25. The fourth-order valence-corrected chi connectivity index (χ4v) is 2.54. The molecule has 0 aromatic carbocycles. The van der Waals surface area contributed by atoms with Crippen LogP contribution >= 0.6 is 11.8 Å². The predicted molar refractivity (Wildman–Crippen MR) is 75.0 cm³/mol. The number of nitrogens with zero attached hydrogens (tertiary/aromatic N) is 2. The zero-order chi connectivity index (χ0) is 14.4. The van der Waals surface area contributed by atoms with Crippen molar-refractivity contribution in [3.63, 3.8) is 0 Å². The quantitative estimate of drug-likeness (QED) is 0.471. The zero-order valence-electron chi connectivity index (χ0n) is 11.8. The van der Waals surface area contributed by atoms with Gasteiger partial charge in [0.2, 0.25) is 0 Å². The number of thioether (sulfide) groups is 1. The van der Waals surface area contributed by atoms with Gasteiger partial charge in [0.05, 0.1) is 5.69 Å². The van der Waals surface area contributed by atoms with Crippen LogP contribution in [0.3, 0.4) is 0 Å². The molecule has 0 bridgehead atoms. The lowest BCUT2D eigenvalue weighted by molar-refractivity contribution is 0.0690. The molecule has 1 aromatic rings. The third-order valence-electron chi connectivity index (χ3n) is 2.54. The highest BCUT2D eigenvalue weighted by Gasteiger charge is 2.19. The number of carboxylic acid groups (broad SMARTS) is 1. The molecule has 0 fully saturated rings. The van der Waals surface area contributed by atoms with Gasteiger partial charge >= 0.3 is 5.97 Å². The summed E-state index contributed by atoms with van der Waals surface area (Å²) >= 11 is 1.45. The number of hydrogen-bond acceptors (Lipinski definition) is 5. The van der Waals surface area contributed by atoms with Crippen LogP contribution in [0.4, 0.5) is 0 Å². The van der Waals surface area contributed by atoms with Gasteiger partial charge in [-0.3, -0.25) is 0 Å². The maximum atomic E-state index is 11.3. The van der Waals surface area contributed by atoms with Crippen molar-refractivity contribution in [1.82, 2.24) is 9.97 Å². The van der Waals surface area contributed by atoms with Crippen molar-refractivity contribution in [1.29, 1.82) is 0 Å². The summed E-state index contributed by atoms with van der Waals surface area (Å²) in [7, 11) is 1.65. The van der Waals surface area contributed by atoms with E-state index >= 15 is 0 Å². The summed E-state index contributed by atoms with van der Waals surface area (Å²) in [5.74, 6) is 0.681. The Bertz CT molecular complexity index is 450. The van der Waals surface area contributed by atoms with Crippen molar-refractivity contribution in [3.8, 4) is 0 Å². The molecule has 0 atom stereocenters. The summed E-state index contributed by atoms with van der Waals surface area (Å²) in [6.07, 6.45) is 0.861. The van der Waals surface area contributed by atoms with Crippen LogP contribution in [0.5, 0.6) is 0 Å². The van der Waals surface area contributed by atoms with Crippen LogP contribution in [-0.4, -0.2) is 40.5 Å². The zero-order valence-corrected chi connectivity index (χ0v) is 12.6. The van der Waals surface area contributed by atoms with E-state index in [-0.39, 0.29) is 11.5 Å². The highest BCUT2D eigenvalue weighted by atomic mass is 32.2. The molecule has 0 amide bonds. The van der Waals surface area contributed by atoms with E-state index in [1.807, 2.05) is 13.8 Å². The van der Waals surface area contributed by atoms with Crippen LogP contribution in [-0.2, 0) is 4.74 Å². The van der Waals surface area contributed by atoms with Crippen molar-refractivity contribution in [2.24, 2.45) is 0 Å². The molecule has 19 heavy (non-hydrogen) atoms. The Morgan fingerprint density at radius 2 is 2.11 bits per heavy atom. The van der Waals surface area contributed by atoms with E-state index in [9.17, 15) is 9.90 Å². The normalized spacial score (nSPS) is 11.0. The smallest absolute Gasteiger partial charge is 0.340 e. The van der Waals surface area contributed by atoms with Crippen molar-refractivity contribution in [3.05, 3.63) is 17.1 Å². The largest absolute Gasteiger partial charge is 0.478 e. The standard InChI is InChI=1S/C13H20N2O3S/c1-8(2)11-14-9(3)10(13(16)17)12(15-11)19-7-5-6-18-4/h8H,5-7H2,1-4H3,(H,16,17). The number of aromatic nitrogens is 2. The second-order valence-electron chi connectivity index (χ2n) is 4.50. The van der Waals surface area contributed by atoms with E-state index < -0.39 is 5.97 Å². The third kappa shape index (κ3) is 4.47. The summed E-state index contributed by atoms with van der Waals surface area (Å²) in [5, 5.41) is 9.82. The molecule has 0 aliphatic carbocycles. The highest BCUT2D eigenvalue weighted by molar-refractivity contribution is 7.99. The number of methoxy groups -OCH3 is 1. The topological polar surface area (TPSA) is 72.3 Å². The molecule has 0 radical (unpaired) electrons. The monoisotopic (exact) mass is 284 g/mol. The lowest BCUT2D eigenvalue weighted by Gasteiger charge is -2.11. The van der Waals surface area contributed by atoms with Gasteiger partial charge in [-0.05, 0) is 13.3 Å². The molecule has 0 saturated carbocycles. The Balaban J connectivity index is 2.99. The number of rotatable bonds is 7. The number of carbonyl (C=O) groups is 1. The molecule has 1 aromatic heterocycles. The minimum atomic E-state index is -0.970. The van der Waals surface area contributed by atoms with Crippen LogP contribution in [0.15, 0.2) is 5.03 Å². The van der Waals surface area contributed by atoms with E-state index in [2.05, 4.69) is 9.97 Å². The molecule has 106 valence electrons. The molecule has 1 N–H and O–H groups in total. The average Bonchev–Trinajstić information content (AvgIpc) is 2.33. The lowest BCUT2D eigenvalue weighted by Crippen LogP contribution is -2.10. The number of hydrogen-bond donors (Lipinski definition) is 1. The molecular weight excluding hydrogens is 264 g/mol. The van der Waals surface area contributed by atoms with Crippen molar-refractivity contribution < 1.29 is 14.6 Å². The molecule has 0 aliphatic rings. The summed E-state index contributed by atoms with van der Waals surface area (Å²) in [5.41, 5.74) is 0.743. The molecule has 1 heterocycles. The predicted octanol–water partition coefficient (Wildman–Crippen LogP) is 2.74. The lowest BCUT2D eigenvalue weighted by atomic mass is 10.2. The van der Waals surface area contributed by atoms with Crippen LogP contribution in [0.25, 0.3) is 0 Å². The average molecular weight is 284 g/mol. The fraction of sp³-hybridized carbons (Fsp3) is 0.615. The summed E-state index contributed by atoms with van der Waals surface area (Å²) in [6.45, 7) is 6.37. The van der Waals surface area contributed by atoms with Gasteiger partial charge in [0.15, 0.2) is 0 Å². The minimum Gasteiger partial charge on any atom is -0.478 e. The Morgan fingerprint density at radius 1 is 1.42 bits per heavy atom. The molecule has 6 heteroatoms. The Labute approximate surface area is 117 Å². The van der Waals surface area contributed by atoms with Crippen molar-refractivity contribution in [2.75, 3.05) is 19.5 Å². The maximum Gasteiger partial charge on any atom is 0.340 e. The van der Waals surface area contributed by atoms with Crippen LogP contribution in [0.2, 0.25) is 0 Å². The molecule has 1 rings (SSSR count). The summed E-state index contributed by atoms with van der Waals surface area (Å²) in [6, 6.07) is 0. The van der Waals surface area contributed by atoms with E-state index in [0.29, 0.717) is 23.2 Å². The van der Waals surface area contributed by atoms with E-state index in [4.69, 9.17) is 4.74 Å². The third-order valence-corrected chi connectivity index (χ3v) is 3.60. The van der Waals surface area contributed by atoms with Gasteiger partial charge in [0.1, 0.15) is 16.4 Å². The number of aryl methyl sites for hydroxylation is 1. The first-order valence-corrected chi connectivity index (χ1v) is 7.19. The van der Waals surface area contributed by atoms with Crippen molar-refractivity contribution in [2.45, 2.75) is 38.1 Å². The Hall–Kier alpha value is -1.14. The van der Waals surface area contributed by atoms with Gasteiger partial charge in [-0.2, -0.15) is 0 Å². The minimum absolute atomic E-state index is 0.180.